The van der Waals surface area contributed by atoms with E-state index >= 15 is 0 Å². The van der Waals surface area contributed by atoms with Crippen LogP contribution in [-0.4, -0.2) is 23.1 Å². The first-order valence-corrected chi connectivity index (χ1v) is 10.9. The van der Waals surface area contributed by atoms with Gasteiger partial charge in [0.05, 0.1) is 17.3 Å². The fourth-order valence-corrected chi connectivity index (χ4v) is 4.93. The van der Waals surface area contributed by atoms with Gasteiger partial charge in [-0.05, 0) is 43.2 Å². The van der Waals surface area contributed by atoms with Crippen LogP contribution < -0.4 is 14.8 Å². The van der Waals surface area contributed by atoms with Crippen molar-refractivity contribution in [2.24, 2.45) is 0 Å². The number of fused-ring (bicyclic) bond motifs is 2. The van der Waals surface area contributed by atoms with Crippen LogP contribution in [0.4, 0.5) is 5.13 Å². The van der Waals surface area contributed by atoms with Crippen LogP contribution >= 0.6 is 11.3 Å². The Hall–Kier alpha value is -2.86. The van der Waals surface area contributed by atoms with Crippen LogP contribution in [0.5, 0.6) is 17.2 Å². The van der Waals surface area contributed by atoms with Crippen molar-refractivity contribution in [2.75, 3.05) is 12.4 Å². The van der Waals surface area contributed by atoms with E-state index in [9.17, 15) is 0 Å². The van der Waals surface area contributed by atoms with Gasteiger partial charge < -0.3 is 14.8 Å². The molecule has 0 amide bonds. The molecule has 1 aliphatic rings. The van der Waals surface area contributed by atoms with E-state index < -0.39 is 0 Å². The number of hydrogen-bond donors (Lipinski definition) is 1. The number of nitrogens with one attached hydrogen (secondary N) is 1. The quantitative estimate of drug-likeness (QED) is 0.417. The van der Waals surface area contributed by atoms with Crippen LogP contribution in [0.1, 0.15) is 32.1 Å². The molecule has 4 aromatic rings. The Morgan fingerprint density at radius 2 is 1.93 bits per heavy atom. The third kappa shape index (κ3) is 3.72. The second-order valence-electron chi connectivity index (χ2n) is 7.40. The summed E-state index contributed by atoms with van der Waals surface area (Å²) in [7, 11) is 1.65. The summed E-state index contributed by atoms with van der Waals surface area (Å²) in [5, 5.41) is 5.55. The maximum absolute atomic E-state index is 6.22. The zero-order valence-electron chi connectivity index (χ0n) is 16.4. The molecular weight excluding hydrogens is 382 g/mol. The molecule has 0 radical (unpaired) electrons. The van der Waals surface area contributed by atoms with Crippen molar-refractivity contribution < 1.29 is 9.47 Å². The smallest absolute Gasteiger partial charge is 0.184 e. The lowest BCUT2D eigenvalue weighted by Gasteiger charge is -2.22. The summed E-state index contributed by atoms with van der Waals surface area (Å²) in [6.45, 7) is 0. The number of anilines is 1. The van der Waals surface area contributed by atoms with E-state index in [0.717, 1.165) is 43.5 Å². The summed E-state index contributed by atoms with van der Waals surface area (Å²) in [6, 6.07) is 14.3. The fraction of sp³-hybridized carbons (Fsp3) is 0.304. The monoisotopic (exact) mass is 405 g/mol. The van der Waals surface area contributed by atoms with Gasteiger partial charge in [-0.25, -0.2) is 4.98 Å². The minimum atomic E-state index is 0.554. The molecule has 148 valence electrons. The lowest BCUT2D eigenvalue weighted by Crippen LogP contribution is -2.21. The first-order valence-electron chi connectivity index (χ1n) is 10.1. The number of ether oxygens (including phenoxy) is 2. The van der Waals surface area contributed by atoms with Crippen LogP contribution in [0.3, 0.4) is 0 Å². The zero-order chi connectivity index (χ0) is 19.6. The molecule has 1 fully saturated rings. The van der Waals surface area contributed by atoms with Crippen molar-refractivity contribution in [2.45, 2.75) is 38.1 Å². The molecule has 1 saturated carbocycles. The topological polar surface area (TPSA) is 56.3 Å². The summed E-state index contributed by atoms with van der Waals surface area (Å²) >= 11 is 1.69. The molecule has 6 heteroatoms. The van der Waals surface area contributed by atoms with Crippen molar-refractivity contribution in [3.05, 3.63) is 48.7 Å². The number of aromatic nitrogens is 2. The first kappa shape index (κ1) is 18.2. The predicted molar refractivity (Wildman–Crippen MR) is 118 cm³/mol. The number of thiazole rings is 1. The van der Waals surface area contributed by atoms with E-state index in [2.05, 4.69) is 16.4 Å². The van der Waals surface area contributed by atoms with E-state index in [4.69, 9.17) is 14.5 Å². The molecule has 0 bridgehead atoms. The molecule has 2 heterocycles. The van der Waals surface area contributed by atoms with E-state index in [1.54, 1.807) is 24.6 Å². The highest BCUT2D eigenvalue weighted by Gasteiger charge is 2.15. The summed E-state index contributed by atoms with van der Waals surface area (Å²) < 4.78 is 12.8. The number of benzene rings is 2. The largest absolute Gasteiger partial charge is 0.494 e. The minimum Gasteiger partial charge on any atom is -0.494 e. The van der Waals surface area contributed by atoms with Gasteiger partial charge in [0.15, 0.2) is 5.13 Å². The Labute approximate surface area is 173 Å². The van der Waals surface area contributed by atoms with Gasteiger partial charge in [-0.3, -0.25) is 4.98 Å². The first-order chi connectivity index (χ1) is 14.3. The molecule has 2 aromatic carbocycles. The molecule has 1 N–H and O–H groups in total. The fourth-order valence-electron chi connectivity index (χ4n) is 3.96. The third-order valence-corrected chi connectivity index (χ3v) is 6.38. The van der Waals surface area contributed by atoms with Gasteiger partial charge in [-0.1, -0.05) is 36.7 Å². The van der Waals surface area contributed by atoms with Gasteiger partial charge in [-0.15, -0.1) is 0 Å². The van der Waals surface area contributed by atoms with Crippen LogP contribution in [0.25, 0.3) is 21.1 Å². The number of rotatable bonds is 5. The van der Waals surface area contributed by atoms with E-state index in [0.29, 0.717) is 6.04 Å². The van der Waals surface area contributed by atoms with Gasteiger partial charge in [0.25, 0.3) is 0 Å². The molecule has 2 aromatic heterocycles. The second kappa shape index (κ2) is 7.87. The summed E-state index contributed by atoms with van der Waals surface area (Å²) in [5.74, 6) is 2.29. The molecule has 0 unspecified atom stereocenters. The number of para-hydroxylation sites is 1. The summed E-state index contributed by atoms with van der Waals surface area (Å²) in [6.07, 6.45) is 8.20. The number of methoxy groups -OCH3 is 1. The molecule has 5 rings (SSSR count). The van der Waals surface area contributed by atoms with Gasteiger partial charge in [0.2, 0.25) is 0 Å². The standard InChI is InChI=1S/C23H23N3O2S/c1-27-20-9-5-8-17-19(12-13-24-22(17)20)28-16-10-11-18-21(14-16)29-23(26-18)25-15-6-3-2-4-7-15/h5,8-15H,2-4,6-7H2,1H3,(H,25,26). The van der Waals surface area contributed by atoms with Crippen LogP contribution in [0.15, 0.2) is 48.7 Å². The maximum atomic E-state index is 6.22. The van der Waals surface area contributed by atoms with Gasteiger partial charge in [-0.2, -0.15) is 0 Å². The number of nitrogens with zero attached hydrogens (tertiary/aromatic N) is 2. The van der Waals surface area contributed by atoms with Crippen molar-refractivity contribution >= 4 is 37.6 Å². The Balaban J connectivity index is 1.42. The highest BCUT2D eigenvalue weighted by atomic mass is 32.1. The van der Waals surface area contributed by atoms with Gasteiger partial charge in [0, 0.05) is 23.7 Å². The normalized spacial score (nSPS) is 14.9. The molecular formula is C23H23N3O2S. The molecule has 1 aliphatic carbocycles. The maximum Gasteiger partial charge on any atom is 0.184 e. The second-order valence-corrected chi connectivity index (χ2v) is 8.43. The van der Waals surface area contributed by atoms with Crippen molar-refractivity contribution in [1.82, 2.24) is 9.97 Å². The molecule has 29 heavy (non-hydrogen) atoms. The molecule has 0 spiro atoms. The number of pyridine rings is 1. The van der Waals surface area contributed by atoms with Crippen molar-refractivity contribution in [3.8, 4) is 17.2 Å². The van der Waals surface area contributed by atoms with E-state index in [-0.39, 0.29) is 0 Å². The van der Waals surface area contributed by atoms with Crippen LogP contribution in [0, 0.1) is 0 Å². The predicted octanol–water partition coefficient (Wildman–Crippen LogP) is 6.39. The Morgan fingerprint density at radius 1 is 1.03 bits per heavy atom. The number of hydrogen-bond acceptors (Lipinski definition) is 6. The molecule has 0 saturated heterocycles. The lowest BCUT2D eigenvalue weighted by molar-refractivity contribution is 0.418. The molecule has 0 aliphatic heterocycles. The zero-order valence-corrected chi connectivity index (χ0v) is 17.2. The average molecular weight is 406 g/mol. The Morgan fingerprint density at radius 3 is 2.79 bits per heavy atom. The summed E-state index contributed by atoms with van der Waals surface area (Å²) in [5.41, 5.74) is 1.80. The Kier molecular flexibility index (Phi) is 4.94. The summed E-state index contributed by atoms with van der Waals surface area (Å²) in [4.78, 5) is 9.19. The molecule has 5 nitrogen and oxygen atoms in total. The van der Waals surface area contributed by atoms with Gasteiger partial charge >= 0.3 is 0 Å². The highest BCUT2D eigenvalue weighted by Crippen LogP contribution is 2.36. The SMILES string of the molecule is COc1cccc2c(Oc3ccc4nc(NC5CCCCC5)sc4c3)ccnc12. The van der Waals surface area contributed by atoms with Crippen LogP contribution in [0.2, 0.25) is 0 Å². The van der Waals surface area contributed by atoms with Crippen molar-refractivity contribution in [3.63, 3.8) is 0 Å². The van der Waals surface area contributed by atoms with Crippen LogP contribution in [-0.2, 0) is 0 Å². The average Bonchev–Trinajstić information content (AvgIpc) is 3.16. The van der Waals surface area contributed by atoms with Crippen molar-refractivity contribution in [1.29, 1.82) is 0 Å². The Bertz CT molecular complexity index is 1150. The highest BCUT2D eigenvalue weighted by molar-refractivity contribution is 7.22. The van der Waals surface area contributed by atoms with E-state index in [1.807, 2.05) is 36.4 Å². The lowest BCUT2D eigenvalue weighted by atomic mass is 9.96. The van der Waals surface area contributed by atoms with Gasteiger partial charge in [0.1, 0.15) is 22.8 Å². The third-order valence-electron chi connectivity index (χ3n) is 5.43. The van der Waals surface area contributed by atoms with E-state index in [1.165, 1.54) is 32.1 Å². The minimum absolute atomic E-state index is 0.554. The molecule has 0 atom stereocenters.